The standard InChI is InChI=1S/C7H6ClN2/c8-6-3-1-2-5(4-6)7(9)10/h1-2,4H,(H3,9,10). The molecule has 1 aromatic rings. The molecule has 0 bridgehead atoms. The summed E-state index contributed by atoms with van der Waals surface area (Å²) in [5, 5.41) is 7.52. The summed E-state index contributed by atoms with van der Waals surface area (Å²) in [6, 6.07) is 7.67. The van der Waals surface area contributed by atoms with Crippen molar-refractivity contribution in [2.45, 2.75) is 0 Å². The van der Waals surface area contributed by atoms with Crippen molar-refractivity contribution in [2.24, 2.45) is 5.73 Å². The molecule has 0 aliphatic heterocycles. The molecular weight excluding hydrogens is 148 g/mol. The second-order valence-electron chi connectivity index (χ2n) is 1.84. The van der Waals surface area contributed by atoms with Crippen molar-refractivity contribution in [1.82, 2.24) is 0 Å². The first-order valence-corrected chi connectivity index (χ1v) is 3.09. The lowest BCUT2D eigenvalue weighted by atomic mass is 10.2. The number of hydrogen-bond acceptors (Lipinski definition) is 1. The number of nitrogens with two attached hydrogens (primary N) is 1. The maximum absolute atomic E-state index is 7.04. The summed E-state index contributed by atoms with van der Waals surface area (Å²) in [5.74, 6) is 0.0240. The molecule has 1 rings (SSSR count). The summed E-state index contributed by atoms with van der Waals surface area (Å²) in [6.45, 7) is 0. The monoisotopic (exact) mass is 153 g/mol. The highest BCUT2D eigenvalue weighted by Gasteiger charge is 1.94. The molecule has 2 nitrogen and oxygen atoms in total. The second-order valence-corrected chi connectivity index (χ2v) is 2.25. The predicted octanol–water partition coefficient (Wildman–Crippen LogP) is 1.42. The van der Waals surface area contributed by atoms with Crippen LogP contribution < -0.4 is 5.73 Å². The van der Waals surface area contributed by atoms with Crippen molar-refractivity contribution in [2.75, 3.05) is 0 Å². The van der Waals surface area contributed by atoms with Crippen molar-refractivity contribution in [3.63, 3.8) is 0 Å². The van der Waals surface area contributed by atoms with E-state index in [1.165, 1.54) is 0 Å². The molecule has 0 aliphatic carbocycles. The smallest absolute Gasteiger partial charge is 0.122 e. The number of benzene rings is 1. The molecule has 0 unspecified atom stereocenters. The third-order valence-electron chi connectivity index (χ3n) is 1.08. The van der Waals surface area contributed by atoms with E-state index in [1.807, 2.05) is 0 Å². The number of hydrogen-bond donors (Lipinski definition) is 2. The first-order valence-electron chi connectivity index (χ1n) is 2.72. The van der Waals surface area contributed by atoms with Crippen molar-refractivity contribution in [3.05, 3.63) is 34.9 Å². The normalized spacial score (nSPS) is 9.30. The van der Waals surface area contributed by atoms with E-state index in [0.29, 0.717) is 10.6 Å². The largest absolute Gasteiger partial charge is 0.384 e. The fraction of sp³-hybridized carbons (Fsp3) is 0. The average molecular weight is 154 g/mol. The third-order valence-corrected chi connectivity index (χ3v) is 1.30. The Labute approximate surface area is 64.1 Å². The Kier molecular flexibility index (Phi) is 1.92. The van der Waals surface area contributed by atoms with Crippen LogP contribution in [0.3, 0.4) is 0 Å². The van der Waals surface area contributed by atoms with E-state index in [1.54, 1.807) is 18.2 Å². The Hall–Kier alpha value is -1.02. The highest BCUT2D eigenvalue weighted by atomic mass is 35.5. The van der Waals surface area contributed by atoms with Gasteiger partial charge in [0.05, 0.1) is 0 Å². The summed E-state index contributed by atoms with van der Waals surface area (Å²) < 4.78 is 0. The van der Waals surface area contributed by atoms with Crippen LogP contribution in [0, 0.1) is 11.5 Å². The lowest BCUT2D eigenvalue weighted by Crippen LogP contribution is -2.10. The molecule has 0 spiro atoms. The Morgan fingerprint density at radius 2 is 2.40 bits per heavy atom. The van der Waals surface area contributed by atoms with Crippen molar-refractivity contribution in [1.29, 1.82) is 5.41 Å². The van der Waals surface area contributed by atoms with Crippen LogP contribution in [0.2, 0.25) is 5.02 Å². The molecule has 10 heavy (non-hydrogen) atoms. The SMILES string of the molecule is N=C(N)c1cc[c]c(Cl)c1. The number of nitrogens with one attached hydrogen (secondary N) is 1. The first kappa shape index (κ1) is 7.09. The van der Waals surface area contributed by atoms with Gasteiger partial charge in [0.25, 0.3) is 0 Å². The van der Waals surface area contributed by atoms with E-state index >= 15 is 0 Å². The molecule has 51 valence electrons. The summed E-state index contributed by atoms with van der Waals surface area (Å²) in [6.07, 6.45) is 0. The lowest BCUT2D eigenvalue weighted by molar-refractivity contribution is 1.42. The van der Waals surface area contributed by atoms with Crippen LogP contribution in [0.15, 0.2) is 18.2 Å². The zero-order valence-electron chi connectivity index (χ0n) is 5.19. The van der Waals surface area contributed by atoms with E-state index in [-0.39, 0.29) is 5.84 Å². The molecule has 0 atom stereocenters. The minimum absolute atomic E-state index is 0.0240. The summed E-state index contributed by atoms with van der Waals surface area (Å²) in [4.78, 5) is 0. The van der Waals surface area contributed by atoms with E-state index in [4.69, 9.17) is 22.7 Å². The van der Waals surface area contributed by atoms with Gasteiger partial charge in [0.1, 0.15) is 5.84 Å². The van der Waals surface area contributed by atoms with Crippen molar-refractivity contribution >= 4 is 17.4 Å². The van der Waals surface area contributed by atoms with Gasteiger partial charge in [0, 0.05) is 16.7 Å². The molecule has 3 N–H and O–H groups in total. The Bertz CT molecular complexity index is 258. The van der Waals surface area contributed by atoms with Gasteiger partial charge >= 0.3 is 0 Å². The predicted molar refractivity (Wildman–Crippen MR) is 41.3 cm³/mol. The van der Waals surface area contributed by atoms with Crippen molar-refractivity contribution in [3.8, 4) is 0 Å². The van der Waals surface area contributed by atoms with Gasteiger partial charge in [-0.25, -0.2) is 0 Å². The maximum atomic E-state index is 7.04. The van der Waals surface area contributed by atoms with Gasteiger partial charge < -0.3 is 5.73 Å². The topological polar surface area (TPSA) is 49.9 Å². The molecule has 1 radical (unpaired) electrons. The van der Waals surface area contributed by atoms with Gasteiger partial charge in [0.15, 0.2) is 0 Å². The van der Waals surface area contributed by atoms with Crippen LogP contribution in [0.5, 0.6) is 0 Å². The highest BCUT2D eigenvalue weighted by Crippen LogP contribution is 2.08. The highest BCUT2D eigenvalue weighted by molar-refractivity contribution is 6.30. The van der Waals surface area contributed by atoms with Crippen LogP contribution >= 0.6 is 11.6 Å². The van der Waals surface area contributed by atoms with Crippen LogP contribution in [0.1, 0.15) is 5.56 Å². The van der Waals surface area contributed by atoms with Gasteiger partial charge in [-0.3, -0.25) is 5.41 Å². The molecule has 0 aliphatic rings. The van der Waals surface area contributed by atoms with Gasteiger partial charge in [-0.1, -0.05) is 23.7 Å². The van der Waals surface area contributed by atoms with Crippen LogP contribution in [-0.2, 0) is 0 Å². The van der Waals surface area contributed by atoms with Crippen LogP contribution in [0.25, 0.3) is 0 Å². The zero-order chi connectivity index (χ0) is 7.56. The van der Waals surface area contributed by atoms with Gasteiger partial charge in [-0.05, 0) is 6.07 Å². The van der Waals surface area contributed by atoms with Gasteiger partial charge in [-0.15, -0.1) is 0 Å². The van der Waals surface area contributed by atoms with Crippen LogP contribution in [0.4, 0.5) is 0 Å². The van der Waals surface area contributed by atoms with E-state index in [2.05, 4.69) is 6.07 Å². The minimum atomic E-state index is 0.0240. The Balaban J connectivity index is 3.07. The van der Waals surface area contributed by atoms with Gasteiger partial charge in [-0.2, -0.15) is 0 Å². The third kappa shape index (κ3) is 1.48. The summed E-state index contributed by atoms with van der Waals surface area (Å²) in [5.41, 5.74) is 5.82. The molecule has 0 heterocycles. The molecule has 0 saturated heterocycles. The Morgan fingerprint density at radius 3 is 2.80 bits per heavy atom. The van der Waals surface area contributed by atoms with Gasteiger partial charge in [0.2, 0.25) is 0 Å². The molecule has 3 heteroatoms. The van der Waals surface area contributed by atoms with Crippen molar-refractivity contribution < 1.29 is 0 Å². The number of nitrogen functional groups attached to an aromatic ring is 1. The number of rotatable bonds is 1. The summed E-state index contributed by atoms with van der Waals surface area (Å²) >= 11 is 5.58. The fourth-order valence-corrected chi connectivity index (χ4v) is 0.785. The molecule has 0 saturated carbocycles. The molecular formula is C7H6ClN2. The number of amidine groups is 1. The molecule has 0 fully saturated rings. The van der Waals surface area contributed by atoms with E-state index < -0.39 is 0 Å². The summed E-state index contributed by atoms with van der Waals surface area (Å²) in [7, 11) is 0. The van der Waals surface area contributed by atoms with E-state index in [0.717, 1.165) is 0 Å². The van der Waals surface area contributed by atoms with E-state index in [9.17, 15) is 0 Å². The zero-order valence-corrected chi connectivity index (χ0v) is 5.94. The number of halogens is 1. The average Bonchev–Trinajstić information content (AvgIpc) is 1.88. The quantitative estimate of drug-likeness (QED) is 0.465. The maximum Gasteiger partial charge on any atom is 0.122 e. The van der Waals surface area contributed by atoms with Crippen LogP contribution in [-0.4, -0.2) is 5.84 Å². The first-order chi connectivity index (χ1) is 4.70. The molecule has 1 aromatic carbocycles. The Morgan fingerprint density at radius 1 is 1.70 bits per heavy atom. The minimum Gasteiger partial charge on any atom is -0.384 e. The molecule has 0 aromatic heterocycles. The molecule has 0 amide bonds. The lowest BCUT2D eigenvalue weighted by Gasteiger charge is -1.95. The fourth-order valence-electron chi connectivity index (χ4n) is 0.605. The second kappa shape index (κ2) is 2.71.